The molecule has 0 bridgehead atoms. The Kier molecular flexibility index (Phi) is 7.83. The van der Waals surface area contributed by atoms with Gasteiger partial charge in [-0.05, 0) is 45.7 Å². The maximum Gasteiger partial charge on any atom is 0.261 e. The fourth-order valence-corrected chi connectivity index (χ4v) is 1.82. The topological polar surface area (TPSA) is 47.6 Å². The van der Waals surface area contributed by atoms with Gasteiger partial charge in [-0.3, -0.25) is 4.79 Å². The van der Waals surface area contributed by atoms with Crippen molar-refractivity contribution in [3.63, 3.8) is 0 Å². The summed E-state index contributed by atoms with van der Waals surface area (Å²) in [4.78, 5) is 12.1. The summed E-state index contributed by atoms with van der Waals surface area (Å²) in [6.45, 7) is 9.24. The highest BCUT2D eigenvalue weighted by Crippen LogP contribution is 2.14. The Labute approximate surface area is 127 Å². The molecule has 0 aliphatic heterocycles. The zero-order valence-electron chi connectivity index (χ0n) is 13.5. The average molecular weight is 293 g/mol. The fourth-order valence-electron chi connectivity index (χ4n) is 1.82. The van der Waals surface area contributed by atoms with Crippen LogP contribution in [0.5, 0.6) is 5.75 Å². The molecular weight excluding hydrogens is 266 g/mol. The van der Waals surface area contributed by atoms with Crippen molar-refractivity contribution in [2.45, 2.75) is 52.7 Å². The van der Waals surface area contributed by atoms with Gasteiger partial charge in [-0.1, -0.05) is 24.6 Å². The van der Waals surface area contributed by atoms with E-state index in [2.05, 4.69) is 5.32 Å². The smallest absolute Gasteiger partial charge is 0.261 e. The van der Waals surface area contributed by atoms with E-state index >= 15 is 0 Å². The van der Waals surface area contributed by atoms with Crippen LogP contribution >= 0.6 is 0 Å². The summed E-state index contributed by atoms with van der Waals surface area (Å²) in [7, 11) is 0. The molecule has 4 nitrogen and oxygen atoms in total. The van der Waals surface area contributed by atoms with E-state index in [1.165, 1.54) is 5.56 Å². The van der Waals surface area contributed by atoms with Gasteiger partial charge in [0.2, 0.25) is 0 Å². The lowest BCUT2D eigenvalue weighted by Crippen LogP contribution is -2.38. The third kappa shape index (κ3) is 7.14. The largest absolute Gasteiger partial charge is 0.481 e. The Balaban J connectivity index is 2.34. The van der Waals surface area contributed by atoms with Gasteiger partial charge in [-0.2, -0.15) is 0 Å². The molecule has 0 heterocycles. The normalized spacial score (nSPS) is 12.2. The molecule has 1 rings (SSSR count). The van der Waals surface area contributed by atoms with E-state index in [1.807, 2.05) is 52.0 Å². The number of carbonyl (C=O) groups excluding carboxylic acids is 1. The van der Waals surface area contributed by atoms with Gasteiger partial charge in [0, 0.05) is 13.2 Å². The Morgan fingerprint density at radius 1 is 1.24 bits per heavy atom. The molecule has 0 fully saturated rings. The standard InChI is InChI=1S/C17H27NO3/c1-5-16(21-15-9-7-14(4)8-10-15)17(19)18-11-6-12-20-13(2)3/h7-10,13,16H,5-6,11-12H2,1-4H3,(H,18,19)/t16-/m0/s1. The molecule has 1 N–H and O–H groups in total. The minimum atomic E-state index is -0.446. The van der Waals surface area contributed by atoms with Crippen molar-refractivity contribution >= 4 is 5.91 Å². The second kappa shape index (κ2) is 9.40. The predicted molar refractivity (Wildman–Crippen MR) is 84.6 cm³/mol. The fraction of sp³-hybridized carbons (Fsp3) is 0.588. The number of hydrogen-bond donors (Lipinski definition) is 1. The van der Waals surface area contributed by atoms with Crippen LogP contribution in [-0.2, 0) is 9.53 Å². The molecule has 0 radical (unpaired) electrons. The quantitative estimate of drug-likeness (QED) is 0.712. The number of amides is 1. The van der Waals surface area contributed by atoms with Crippen molar-refractivity contribution in [2.24, 2.45) is 0 Å². The molecule has 0 aliphatic rings. The molecule has 1 aromatic carbocycles. The van der Waals surface area contributed by atoms with Crippen molar-refractivity contribution in [1.82, 2.24) is 5.32 Å². The van der Waals surface area contributed by atoms with Gasteiger partial charge in [0.25, 0.3) is 5.91 Å². The molecule has 0 saturated carbocycles. The number of rotatable bonds is 9. The zero-order chi connectivity index (χ0) is 15.7. The maximum atomic E-state index is 12.1. The van der Waals surface area contributed by atoms with Gasteiger partial charge in [-0.25, -0.2) is 0 Å². The first-order chi connectivity index (χ1) is 10.0. The molecule has 21 heavy (non-hydrogen) atoms. The van der Waals surface area contributed by atoms with Gasteiger partial charge >= 0.3 is 0 Å². The van der Waals surface area contributed by atoms with Gasteiger partial charge in [0.1, 0.15) is 5.75 Å². The van der Waals surface area contributed by atoms with Gasteiger partial charge in [0.05, 0.1) is 6.10 Å². The number of carbonyl (C=O) groups is 1. The molecule has 0 spiro atoms. The highest BCUT2D eigenvalue weighted by atomic mass is 16.5. The lowest BCUT2D eigenvalue weighted by molar-refractivity contribution is -0.128. The molecule has 0 unspecified atom stereocenters. The van der Waals surface area contributed by atoms with E-state index in [4.69, 9.17) is 9.47 Å². The van der Waals surface area contributed by atoms with Crippen LogP contribution in [0, 0.1) is 6.92 Å². The summed E-state index contributed by atoms with van der Waals surface area (Å²) in [5, 5.41) is 2.90. The summed E-state index contributed by atoms with van der Waals surface area (Å²) in [6, 6.07) is 7.73. The van der Waals surface area contributed by atoms with Crippen LogP contribution in [0.4, 0.5) is 0 Å². The van der Waals surface area contributed by atoms with Gasteiger partial charge in [-0.15, -0.1) is 0 Å². The zero-order valence-corrected chi connectivity index (χ0v) is 13.5. The SMILES string of the molecule is CC[C@H](Oc1ccc(C)cc1)C(=O)NCCCOC(C)C. The van der Waals surface area contributed by atoms with Crippen LogP contribution in [0.3, 0.4) is 0 Å². The lowest BCUT2D eigenvalue weighted by Gasteiger charge is -2.17. The van der Waals surface area contributed by atoms with Crippen molar-refractivity contribution in [1.29, 1.82) is 0 Å². The summed E-state index contributed by atoms with van der Waals surface area (Å²) < 4.78 is 11.2. The van der Waals surface area contributed by atoms with Crippen LogP contribution in [0.2, 0.25) is 0 Å². The molecule has 0 saturated heterocycles. The van der Waals surface area contributed by atoms with Crippen molar-refractivity contribution in [2.75, 3.05) is 13.2 Å². The monoisotopic (exact) mass is 293 g/mol. The van der Waals surface area contributed by atoms with Crippen LogP contribution in [-0.4, -0.2) is 31.3 Å². The van der Waals surface area contributed by atoms with E-state index in [0.717, 1.165) is 12.2 Å². The van der Waals surface area contributed by atoms with E-state index in [-0.39, 0.29) is 12.0 Å². The lowest BCUT2D eigenvalue weighted by atomic mass is 10.2. The Hall–Kier alpha value is -1.55. The highest BCUT2D eigenvalue weighted by Gasteiger charge is 2.17. The summed E-state index contributed by atoms with van der Waals surface area (Å²) in [5.41, 5.74) is 1.17. The molecule has 0 aromatic heterocycles. The first-order valence-electron chi connectivity index (χ1n) is 7.65. The summed E-state index contributed by atoms with van der Waals surface area (Å²) in [6.07, 6.45) is 1.24. The molecule has 1 atom stereocenters. The molecule has 1 aromatic rings. The van der Waals surface area contributed by atoms with E-state index in [9.17, 15) is 4.79 Å². The van der Waals surface area contributed by atoms with Crippen molar-refractivity contribution in [3.05, 3.63) is 29.8 Å². The van der Waals surface area contributed by atoms with Crippen molar-refractivity contribution < 1.29 is 14.3 Å². The number of benzene rings is 1. The van der Waals surface area contributed by atoms with Crippen molar-refractivity contribution in [3.8, 4) is 5.75 Å². The Bertz CT molecular complexity index is 415. The maximum absolute atomic E-state index is 12.1. The molecule has 4 heteroatoms. The van der Waals surface area contributed by atoms with Crippen LogP contribution in [0.15, 0.2) is 24.3 Å². The minimum Gasteiger partial charge on any atom is -0.481 e. The average Bonchev–Trinajstić information content (AvgIpc) is 2.45. The third-order valence-electron chi connectivity index (χ3n) is 3.03. The van der Waals surface area contributed by atoms with Gasteiger partial charge in [0.15, 0.2) is 6.10 Å². The van der Waals surface area contributed by atoms with Crippen LogP contribution < -0.4 is 10.1 Å². The number of nitrogens with one attached hydrogen (secondary N) is 1. The summed E-state index contributed by atoms with van der Waals surface area (Å²) in [5.74, 6) is 0.661. The van der Waals surface area contributed by atoms with E-state index < -0.39 is 6.10 Å². The Morgan fingerprint density at radius 2 is 1.90 bits per heavy atom. The first kappa shape index (κ1) is 17.5. The predicted octanol–water partition coefficient (Wildman–Crippen LogP) is 3.08. The molecule has 0 aliphatic carbocycles. The molecule has 118 valence electrons. The van der Waals surface area contributed by atoms with E-state index in [1.54, 1.807) is 0 Å². The van der Waals surface area contributed by atoms with Crippen LogP contribution in [0.25, 0.3) is 0 Å². The van der Waals surface area contributed by atoms with E-state index in [0.29, 0.717) is 19.6 Å². The molecular formula is C17H27NO3. The highest BCUT2D eigenvalue weighted by molar-refractivity contribution is 5.81. The number of ether oxygens (including phenoxy) is 2. The second-order valence-electron chi connectivity index (χ2n) is 5.39. The molecule has 1 amide bonds. The number of aryl methyl sites for hydroxylation is 1. The first-order valence-corrected chi connectivity index (χ1v) is 7.65. The minimum absolute atomic E-state index is 0.0670. The Morgan fingerprint density at radius 3 is 2.48 bits per heavy atom. The second-order valence-corrected chi connectivity index (χ2v) is 5.39. The number of hydrogen-bond acceptors (Lipinski definition) is 3. The summed E-state index contributed by atoms with van der Waals surface area (Å²) >= 11 is 0. The third-order valence-corrected chi connectivity index (χ3v) is 3.03. The van der Waals surface area contributed by atoms with Gasteiger partial charge < -0.3 is 14.8 Å². The van der Waals surface area contributed by atoms with Crippen LogP contribution in [0.1, 0.15) is 39.2 Å².